The molecule has 0 bridgehead atoms. The first kappa shape index (κ1) is 7.88. The van der Waals surface area contributed by atoms with Gasteiger partial charge in [0.25, 0.3) is 0 Å². The standard InChI is InChI=1S/C4H4BF3O2/c6-4(7,8)2-1-3(2)5(9)10/h2-3H,1H2/q-2. The second-order valence-corrected chi connectivity index (χ2v) is 2.42. The fourth-order valence-corrected chi connectivity index (χ4v) is 0.892. The Hall–Kier alpha value is -0.225. The van der Waals surface area contributed by atoms with E-state index in [2.05, 4.69) is 0 Å². The van der Waals surface area contributed by atoms with Crippen LogP contribution in [0.2, 0.25) is 5.82 Å². The quantitative estimate of drug-likeness (QED) is 0.459. The minimum atomic E-state index is -4.34. The van der Waals surface area contributed by atoms with E-state index < -0.39 is 25.0 Å². The van der Waals surface area contributed by atoms with Gasteiger partial charge in [0, 0.05) is 5.92 Å². The van der Waals surface area contributed by atoms with E-state index in [1.54, 1.807) is 0 Å². The molecule has 0 aromatic heterocycles. The smallest absolute Gasteiger partial charge is 0.391 e. The van der Waals surface area contributed by atoms with Gasteiger partial charge in [-0.1, -0.05) is 5.82 Å². The zero-order valence-corrected chi connectivity index (χ0v) is 4.89. The Kier molecular flexibility index (Phi) is 1.68. The Morgan fingerprint density at radius 1 is 1.30 bits per heavy atom. The molecule has 0 N–H and O–H groups in total. The van der Waals surface area contributed by atoms with Gasteiger partial charge in [0.05, 0.1) is 0 Å². The van der Waals surface area contributed by atoms with Gasteiger partial charge in [0.15, 0.2) is 0 Å². The number of hydrogen-bond donors (Lipinski definition) is 0. The molecule has 0 spiro atoms. The molecule has 0 radical (unpaired) electrons. The molecule has 58 valence electrons. The summed E-state index contributed by atoms with van der Waals surface area (Å²) in [7, 11) is -2.31. The zero-order chi connectivity index (χ0) is 7.94. The van der Waals surface area contributed by atoms with Crippen LogP contribution in [-0.2, 0) is 0 Å². The van der Waals surface area contributed by atoms with Crippen molar-refractivity contribution in [1.29, 1.82) is 0 Å². The Balaban J connectivity index is 2.39. The summed E-state index contributed by atoms with van der Waals surface area (Å²) in [6.45, 7) is 0. The van der Waals surface area contributed by atoms with Crippen molar-refractivity contribution in [2.24, 2.45) is 5.92 Å². The first-order chi connectivity index (χ1) is 4.43. The van der Waals surface area contributed by atoms with Crippen molar-refractivity contribution in [3.05, 3.63) is 0 Å². The summed E-state index contributed by atoms with van der Waals surface area (Å²) < 4.78 is 34.7. The molecule has 2 atom stereocenters. The summed E-state index contributed by atoms with van der Waals surface area (Å²) in [6, 6.07) is 0. The molecule has 0 aliphatic heterocycles. The van der Waals surface area contributed by atoms with Crippen LogP contribution in [-0.4, -0.2) is 13.3 Å². The van der Waals surface area contributed by atoms with Crippen LogP contribution in [0.5, 0.6) is 0 Å². The molecule has 0 aromatic carbocycles. The lowest BCUT2D eigenvalue weighted by molar-refractivity contribution is -0.351. The van der Waals surface area contributed by atoms with Crippen molar-refractivity contribution >= 4 is 7.12 Å². The first-order valence-corrected chi connectivity index (χ1v) is 2.81. The van der Waals surface area contributed by atoms with Crippen molar-refractivity contribution in [2.75, 3.05) is 0 Å². The van der Waals surface area contributed by atoms with Crippen LogP contribution < -0.4 is 10.0 Å². The van der Waals surface area contributed by atoms with Gasteiger partial charge >= 0.3 is 6.18 Å². The number of alkyl halides is 3. The van der Waals surface area contributed by atoms with Gasteiger partial charge in [-0.05, 0) is 6.42 Å². The summed E-state index contributed by atoms with van der Waals surface area (Å²) in [5.41, 5.74) is 0. The van der Waals surface area contributed by atoms with Crippen LogP contribution in [0.15, 0.2) is 0 Å². The predicted molar refractivity (Wildman–Crippen MR) is 23.7 cm³/mol. The lowest BCUT2D eigenvalue weighted by Gasteiger charge is -2.26. The highest BCUT2D eigenvalue weighted by molar-refractivity contribution is 6.40. The van der Waals surface area contributed by atoms with Crippen LogP contribution in [0.25, 0.3) is 0 Å². The molecule has 1 aliphatic rings. The maximum absolute atomic E-state index is 11.6. The molecular weight excluding hydrogens is 148 g/mol. The van der Waals surface area contributed by atoms with Gasteiger partial charge in [0.1, 0.15) is 0 Å². The second-order valence-electron chi connectivity index (χ2n) is 2.42. The summed E-state index contributed by atoms with van der Waals surface area (Å²) in [5.74, 6) is -2.83. The molecule has 1 saturated carbocycles. The van der Waals surface area contributed by atoms with E-state index in [0.717, 1.165) is 0 Å². The number of hydrogen-bond acceptors (Lipinski definition) is 2. The third kappa shape index (κ3) is 1.43. The normalized spacial score (nSPS) is 32.1. The van der Waals surface area contributed by atoms with E-state index in [9.17, 15) is 23.2 Å². The molecule has 6 heteroatoms. The zero-order valence-electron chi connectivity index (χ0n) is 4.89. The van der Waals surface area contributed by atoms with E-state index in [-0.39, 0.29) is 6.42 Å². The van der Waals surface area contributed by atoms with Crippen molar-refractivity contribution in [2.45, 2.75) is 18.4 Å². The third-order valence-electron chi connectivity index (χ3n) is 1.61. The van der Waals surface area contributed by atoms with Gasteiger partial charge < -0.3 is 10.0 Å². The minimum absolute atomic E-state index is 0.277. The van der Waals surface area contributed by atoms with Crippen LogP contribution in [0.4, 0.5) is 13.2 Å². The largest absolute Gasteiger partial charge is 0.893 e. The van der Waals surface area contributed by atoms with Gasteiger partial charge in [-0.15, -0.1) is 7.12 Å². The maximum atomic E-state index is 11.6. The van der Waals surface area contributed by atoms with E-state index in [0.29, 0.717) is 0 Å². The third-order valence-corrected chi connectivity index (χ3v) is 1.61. The fraction of sp³-hybridized carbons (Fsp3) is 1.00. The van der Waals surface area contributed by atoms with Gasteiger partial charge in [0.2, 0.25) is 0 Å². The van der Waals surface area contributed by atoms with Gasteiger partial charge in [-0.25, -0.2) is 0 Å². The highest BCUT2D eigenvalue weighted by Crippen LogP contribution is 2.54. The molecular formula is C4H4BF3O2-2. The maximum Gasteiger partial charge on any atom is 0.391 e. The summed E-state index contributed by atoms with van der Waals surface area (Å²) >= 11 is 0. The highest BCUT2D eigenvalue weighted by Gasteiger charge is 2.53. The minimum Gasteiger partial charge on any atom is -0.893 e. The molecule has 2 unspecified atom stereocenters. The second kappa shape index (κ2) is 2.13. The van der Waals surface area contributed by atoms with Crippen molar-refractivity contribution in [3.8, 4) is 0 Å². The topological polar surface area (TPSA) is 46.1 Å². The van der Waals surface area contributed by atoms with Gasteiger partial charge in [-0.3, -0.25) is 0 Å². The molecule has 2 nitrogen and oxygen atoms in total. The summed E-state index contributed by atoms with van der Waals surface area (Å²) in [5, 5.41) is 19.8. The molecule has 1 rings (SSSR count). The first-order valence-electron chi connectivity index (χ1n) is 2.81. The summed E-state index contributed by atoms with van der Waals surface area (Å²) in [6.07, 6.45) is -4.61. The Labute approximate surface area is 55.8 Å². The van der Waals surface area contributed by atoms with Crippen molar-refractivity contribution in [3.63, 3.8) is 0 Å². The Morgan fingerprint density at radius 2 is 1.80 bits per heavy atom. The lowest BCUT2D eigenvalue weighted by atomic mass is 9.82. The average molecular weight is 152 g/mol. The average Bonchev–Trinajstić information content (AvgIpc) is 2.35. The van der Waals surface area contributed by atoms with Crippen molar-refractivity contribution in [1.82, 2.24) is 0 Å². The lowest BCUT2D eigenvalue weighted by Crippen LogP contribution is -2.46. The molecule has 10 heavy (non-hydrogen) atoms. The Morgan fingerprint density at radius 3 is 1.90 bits per heavy atom. The van der Waals surface area contributed by atoms with Crippen molar-refractivity contribution < 1.29 is 23.2 Å². The van der Waals surface area contributed by atoms with E-state index in [1.165, 1.54) is 0 Å². The van der Waals surface area contributed by atoms with E-state index in [1.807, 2.05) is 0 Å². The van der Waals surface area contributed by atoms with E-state index >= 15 is 0 Å². The van der Waals surface area contributed by atoms with Crippen LogP contribution in [0, 0.1) is 5.92 Å². The Bertz CT molecular complexity index is 135. The monoisotopic (exact) mass is 152 g/mol. The number of rotatable bonds is 1. The summed E-state index contributed by atoms with van der Waals surface area (Å²) in [4.78, 5) is 0. The molecule has 0 amide bonds. The van der Waals surface area contributed by atoms with Crippen LogP contribution >= 0.6 is 0 Å². The molecule has 0 heterocycles. The molecule has 0 aromatic rings. The van der Waals surface area contributed by atoms with E-state index in [4.69, 9.17) is 0 Å². The fourth-order valence-electron chi connectivity index (χ4n) is 0.892. The number of halogens is 3. The highest BCUT2D eigenvalue weighted by atomic mass is 19.4. The molecule has 0 saturated heterocycles. The predicted octanol–water partition coefficient (Wildman–Crippen LogP) is -0.852. The molecule has 1 fully saturated rings. The SMILES string of the molecule is [O-]B([O-])C1CC1C(F)(F)F. The van der Waals surface area contributed by atoms with Crippen LogP contribution in [0.3, 0.4) is 0 Å². The van der Waals surface area contributed by atoms with Gasteiger partial charge in [-0.2, -0.15) is 13.2 Å². The van der Waals surface area contributed by atoms with Crippen LogP contribution in [0.1, 0.15) is 6.42 Å². The molecule has 1 aliphatic carbocycles.